The van der Waals surface area contributed by atoms with E-state index in [1.165, 1.54) is 12.5 Å². The summed E-state index contributed by atoms with van der Waals surface area (Å²) < 4.78 is 4.65. The van der Waals surface area contributed by atoms with Crippen molar-refractivity contribution in [3.63, 3.8) is 0 Å². The van der Waals surface area contributed by atoms with Gasteiger partial charge in [-0.05, 0) is 12.1 Å². The third-order valence-corrected chi connectivity index (χ3v) is 2.44. The molecule has 0 fully saturated rings. The molecule has 0 aromatic carbocycles. The van der Waals surface area contributed by atoms with Crippen LogP contribution < -0.4 is 11.1 Å². The maximum atomic E-state index is 11.7. The van der Waals surface area contributed by atoms with Crippen LogP contribution in [0.25, 0.3) is 0 Å². The Bertz CT molecular complexity index is 551. The normalized spacial score (nSPS) is 10.0. The molecule has 6 nitrogen and oxygen atoms in total. The SMILES string of the molecule is NC(=S)c1ccc(C(=O)NCc2ccon2)nc1. The van der Waals surface area contributed by atoms with Crippen molar-refractivity contribution in [2.75, 3.05) is 0 Å². The van der Waals surface area contributed by atoms with E-state index >= 15 is 0 Å². The number of carbonyl (C=O) groups excluding carboxylic acids is 1. The number of nitrogens with one attached hydrogen (secondary N) is 1. The highest BCUT2D eigenvalue weighted by atomic mass is 32.1. The third kappa shape index (κ3) is 2.89. The zero-order valence-electron chi connectivity index (χ0n) is 9.29. The van der Waals surface area contributed by atoms with Crippen molar-refractivity contribution in [2.45, 2.75) is 6.54 Å². The Hall–Kier alpha value is -2.28. The second-order valence-electron chi connectivity index (χ2n) is 3.47. The molecule has 2 rings (SSSR count). The molecule has 1 amide bonds. The number of hydrogen-bond acceptors (Lipinski definition) is 5. The highest BCUT2D eigenvalue weighted by molar-refractivity contribution is 7.80. The van der Waals surface area contributed by atoms with Gasteiger partial charge in [0.05, 0.1) is 6.54 Å². The number of thiocarbonyl (C=S) groups is 1. The van der Waals surface area contributed by atoms with Crippen molar-refractivity contribution in [1.29, 1.82) is 0 Å². The highest BCUT2D eigenvalue weighted by Crippen LogP contribution is 2.01. The average molecular weight is 262 g/mol. The Labute approximate surface area is 108 Å². The van der Waals surface area contributed by atoms with Crippen LogP contribution in [0.2, 0.25) is 0 Å². The van der Waals surface area contributed by atoms with Crippen LogP contribution in [0.1, 0.15) is 21.7 Å². The first-order chi connectivity index (χ1) is 8.66. The number of aromatic nitrogens is 2. The van der Waals surface area contributed by atoms with Gasteiger partial charge in [-0.1, -0.05) is 17.4 Å². The molecule has 92 valence electrons. The molecular weight excluding hydrogens is 252 g/mol. The van der Waals surface area contributed by atoms with Crippen LogP contribution in [0.5, 0.6) is 0 Å². The third-order valence-electron chi connectivity index (χ3n) is 2.20. The molecule has 0 saturated heterocycles. The highest BCUT2D eigenvalue weighted by Gasteiger charge is 2.08. The van der Waals surface area contributed by atoms with Gasteiger partial charge in [-0.25, -0.2) is 0 Å². The first-order valence-corrected chi connectivity index (χ1v) is 5.51. The smallest absolute Gasteiger partial charge is 0.270 e. The summed E-state index contributed by atoms with van der Waals surface area (Å²) in [5, 5.41) is 6.34. The summed E-state index contributed by atoms with van der Waals surface area (Å²) in [7, 11) is 0. The molecule has 0 radical (unpaired) electrons. The second-order valence-corrected chi connectivity index (χ2v) is 3.91. The Kier molecular flexibility index (Phi) is 3.63. The largest absolute Gasteiger partial charge is 0.389 e. The first kappa shape index (κ1) is 12.2. The molecular formula is C11H10N4O2S. The molecule has 0 spiro atoms. The van der Waals surface area contributed by atoms with E-state index in [9.17, 15) is 4.79 Å². The standard InChI is InChI=1S/C11H10N4O2S/c12-10(18)7-1-2-9(13-5-7)11(16)14-6-8-3-4-17-15-8/h1-5H,6H2,(H2,12,18)(H,14,16). The van der Waals surface area contributed by atoms with Gasteiger partial charge in [0.25, 0.3) is 5.91 Å². The lowest BCUT2D eigenvalue weighted by Gasteiger charge is -2.03. The molecule has 0 saturated carbocycles. The van der Waals surface area contributed by atoms with E-state index in [0.717, 1.165) is 0 Å². The topological polar surface area (TPSA) is 94.0 Å². The predicted octanol–water partition coefficient (Wildman–Crippen LogP) is 0.634. The van der Waals surface area contributed by atoms with Crippen LogP contribution in [0.4, 0.5) is 0 Å². The van der Waals surface area contributed by atoms with Crippen molar-refractivity contribution in [2.24, 2.45) is 5.73 Å². The molecule has 18 heavy (non-hydrogen) atoms. The van der Waals surface area contributed by atoms with Gasteiger partial charge in [0.2, 0.25) is 0 Å². The number of rotatable bonds is 4. The first-order valence-electron chi connectivity index (χ1n) is 5.10. The van der Waals surface area contributed by atoms with Gasteiger partial charge >= 0.3 is 0 Å². The number of nitrogens with zero attached hydrogens (tertiary/aromatic N) is 2. The number of carbonyl (C=O) groups is 1. The quantitative estimate of drug-likeness (QED) is 0.785. The zero-order valence-corrected chi connectivity index (χ0v) is 10.1. The Morgan fingerprint density at radius 1 is 1.44 bits per heavy atom. The summed E-state index contributed by atoms with van der Waals surface area (Å²) in [5.74, 6) is -0.299. The zero-order chi connectivity index (χ0) is 13.0. The van der Waals surface area contributed by atoms with E-state index in [0.29, 0.717) is 17.0 Å². The molecule has 0 atom stereocenters. The molecule has 0 bridgehead atoms. The number of amides is 1. The number of pyridine rings is 1. The minimum atomic E-state index is -0.299. The summed E-state index contributed by atoms with van der Waals surface area (Å²) in [6.07, 6.45) is 2.91. The van der Waals surface area contributed by atoms with E-state index in [2.05, 4.69) is 20.0 Å². The molecule has 2 aromatic rings. The van der Waals surface area contributed by atoms with Crippen molar-refractivity contribution in [3.8, 4) is 0 Å². The fourth-order valence-electron chi connectivity index (χ4n) is 1.26. The summed E-state index contributed by atoms with van der Waals surface area (Å²) in [6.45, 7) is 0.286. The summed E-state index contributed by atoms with van der Waals surface area (Å²) in [5.41, 5.74) is 6.99. The van der Waals surface area contributed by atoms with Gasteiger partial charge in [-0.3, -0.25) is 9.78 Å². The Morgan fingerprint density at radius 2 is 2.28 bits per heavy atom. The molecule has 0 aliphatic heterocycles. The second kappa shape index (κ2) is 5.37. The molecule has 2 aromatic heterocycles. The van der Waals surface area contributed by atoms with Crippen molar-refractivity contribution < 1.29 is 9.32 Å². The molecule has 0 unspecified atom stereocenters. The molecule has 7 heteroatoms. The maximum absolute atomic E-state index is 11.7. The fraction of sp³-hybridized carbons (Fsp3) is 0.0909. The lowest BCUT2D eigenvalue weighted by molar-refractivity contribution is 0.0945. The molecule has 0 aliphatic carbocycles. The lowest BCUT2D eigenvalue weighted by atomic mass is 10.2. The van der Waals surface area contributed by atoms with Gasteiger partial charge in [-0.15, -0.1) is 0 Å². The van der Waals surface area contributed by atoms with Crippen molar-refractivity contribution >= 4 is 23.1 Å². The van der Waals surface area contributed by atoms with Crippen molar-refractivity contribution in [1.82, 2.24) is 15.5 Å². The number of nitrogens with two attached hydrogens (primary N) is 1. The van der Waals surface area contributed by atoms with Gasteiger partial charge in [0, 0.05) is 17.8 Å². The average Bonchev–Trinajstić information content (AvgIpc) is 2.89. The van der Waals surface area contributed by atoms with E-state index in [4.69, 9.17) is 18.0 Å². The van der Waals surface area contributed by atoms with Gasteiger partial charge in [0.15, 0.2) is 0 Å². The van der Waals surface area contributed by atoms with Crippen LogP contribution in [-0.2, 0) is 6.54 Å². The number of hydrogen-bond donors (Lipinski definition) is 2. The van der Waals surface area contributed by atoms with Crippen LogP contribution in [0.3, 0.4) is 0 Å². The molecule has 3 N–H and O–H groups in total. The summed E-state index contributed by atoms with van der Waals surface area (Å²) >= 11 is 4.79. The minimum absolute atomic E-state index is 0.247. The molecule has 2 heterocycles. The van der Waals surface area contributed by atoms with Crippen LogP contribution in [-0.4, -0.2) is 21.0 Å². The van der Waals surface area contributed by atoms with E-state index in [1.807, 2.05) is 0 Å². The Morgan fingerprint density at radius 3 is 2.83 bits per heavy atom. The van der Waals surface area contributed by atoms with Crippen LogP contribution in [0.15, 0.2) is 35.2 Å². The monoisotopic (exact) mass is 262 g/mol. The van der Waals surface area contributed by atoms with Gasteiger partial charge in [-0.2, -0.15) is 0 Å². The van der Waals surface area contributed by atoms with Crippen LogP contribution >= 0.6 is 12.2 Å². The van der Waals surface area contributed by atoms with E-state index < -0.39 is 0 Å². The maximum Gasteiger partial charge on any atom is 0.270 e. The lowest BCUT2D eigenvalue weighted by Crippen LogP contribution is -2.24. The van der Waals surface area contributed by atoms with Gasteiger partial charge < -0.3 is 15.6 Å². The summed E-state index contributed by atoms with van der Waals surface area (Å²) in [6, 6.07) is 4.89. The molecule has 0 aliphatic rings. The van der Waals surface area contributed by atoms with Crippen molar-refractivity contribution in [3.05, 3.63) is 47.6 Å². The Balaban J connectivity index is 1.98. The summed E-state index contributed by atoms with van der Waals surface area (Å²) in [4.78, 5) is 15.9. The van der Waals surface area contributed by atoms with E-state index in [1.54, 1.807) is 18.2 Å². The predicted molar refractivity (Wildman–Crippen MR) is 67.8 cm³/mol. The van der Waals surface area contributed by atoms with Crippen LogP contribution in [0, 0.1) is 0 Å². The van der Waals surface area contributed by atoms with Gasteiger partial charge in [0.1, 0.15) is 22.6 Å². The fourth-order valence-corrected chi connectivity index (χ4v) is 1.38. The minimum Gasteiger partial charge on any atom is -0.389 e. The van der Waals surface area contributed by atoms with E-state index in [-0.39, 0.29) is 17.4 Å².